The standard InChI is InChI=1S/C24H32FN3O2/c1-4-30-21-9-7-20(8-10-21)24(11-13-29-14-12-24)17-28-23(26-3)27-16-19-6-5-18(2)22(25)15-19/h5-10,15H,4,11-14,16-17H2,1-3H3,(H2,26,27,28). The summed E-state index contributed by atoms with van der Waals surface area (Å²) in [5.41, 5.74) is 2.78. The lowest BCUT2D eigenvalue weighted by Gasteiger charge is -2.38. The molecule has 1 aliphatic rings. The van der Waals surface area contributed by atoms with Gasteiger partial charge >= 0.3 is 0 Å². The van der Waals surface area contributed by atoms with Crippen molar-refractivity contribution in [2.24, 2.45) is 4.99 Å². The Morgan fingerprint density at radius 1 is 1.13 bits per heavy atom. The van der Waals surface area contributed by atoms with Gasteiger partial charge in [-0.25, -0.2) is 4.39 Å². The molecule has 30 heavy (non-hydrogen) atoms. The maximum atomic E-state index is 13.8. The molecule has 0 unspecified atom stereocenters. The van der Waals surface area contributed by atoms with E-state index in [1.165, 1.54) is 5.56 Å². The summed E-state index contributed by atoms with van der Waals surface area (Å²) < 4.78 is 25.0. The second-order valence-electron chi connectivity index (χ2n) is 7.71. The van der Waals surface area contributed by atoms with Gasteiger partial charge in [0, 0.05) is 38.8 Å². The summed E-state index contributed by atoms with van der Waals surface area (Å²) in [6, 6.07) is 13.7. The van der Waals surface area contributed by atoms with E-state index in [9.17, 15) is 4.39 Å². The molecule has 0 atom stereocenters. The number of nitrogens with one attached hydrogen (secondary N) is 2. The van der Waals surface area contributed by atoms with Crippen LogP contribution in [0, 0.1) is 12.7 Å². The third-order valence-electron chi connectivity index (χ3n) is 5.74. The Morgan fingerprint density at radius 3 is 2.50 bits per heavy atom. The maximum absolute atomic E-state index is 13.8. The van der Waals surface area contributed by atoms with Crippen LogP contribution in [0.3, 0.4) is 0 Å². The molecule has 0 spiro atoms. The Bertz CT molecular complexity index is 846. The minimum absolute atomic E-state index is 0.0312. The summed E-state index contributed by atoms with van der Waals surface area (Å²) in [7, 11) is 1.75. The van der Waals surface area contributed by atoms with Gasteiger partial charge in [-0.1, -0.05) is 24.3 Å². The molecule has 2 N–H and O–H groups in total. The predicted molar refractivity (Wildman–Crippen MR) is 119 cm³/mol. The molecule has 5 nitrogen and oxygen atoms in total. The smallest absolute Gasteiger partial charge is 0.191 e. The highest BCUT2D eigenvalue weighted by molar-refractivity contribution is 5.79. The molecule has 0 aliphatic carbocycles. The van der Waals surface area contributed by atoms with Crippen molar-refractivity contribution in [2.75, 3.05) is 33.4 Å². The lowest BCUT2D eigenvalue weighted by Crippen LogP contribution is -2.47. The summed E-state index contributed by atoms with van der Waals surface area (Å²) in [6.45, 7) is 7.14. The average Bonchev–Trinajstić information content (AvgIpc) is 2.77. The zero-order chi connectivity index (χ0) is 21.4. The predicted octanol–water partition coefficient (Wildman–Crippen LogP) is 3.95. The van der Waals surface area contributed by atoms with Crippen LogP contribution in [0.1, 0.15) is 36.5 Å². The van der Waals surface area contributed by atoms with E-state index in [-0.39, 0.29) is 11.2 Å². The molecule has 0 saturated carbocycles. The Kier molecular flexibility index (Phi) is 7.69. The summed E-state index contributed by atoms with van der Waals surface area (Å²) in [5.74, 6) is 1.40. The van der Waals surface area contributed by atoms with Crippen molar-refractivity contribution in [1.29, 1.82) is 0 Å². The normalized spacial score (nSPS) is 16.2. The largest absolute Gasteiger partial charge is 0.494 e. The van der Waals surface area contributed by atoms with E-state index in [4.69, 9.17) is 9.47 Å². The number of halogens is 1. The first-order valence-corrected chi connectivity index (χ1v) is 10.6. The van der Waals surface area contributed by atoms with Gasteiger partial charge in [-0.05, 0) is 61.6 Å². The summed E-state index contributed by atoms with van der Waals surface area (Å²) in [6.07, 6.45) is 1.88. The van der Waals surface area contributed by atoms with Crippen LogP contribution in [-0.2, 0) is 16.7 Å². The molecule has 1 aliphatic heterocycles. The Labute approximate surface area is 178 Å². The summed E-state index contributed by atoms with van der Waals surface area (Å²) >= 11 is 0. The second-order valence-corrected chi connectivity index (χ2v) is 7.71. The number of ether oxygens (including phenoxy) is 2. The van der Waals surface area contributed by atoms with E-state index >= 15 is 0 Å². The van der Waals surface area contributed by atoms with Crippen molar-refractivity contribution in [3.05, 3.63) is 65.0 Å². The number of benzene rings is 2. The van der Waals surface area contributed by atoms with Crippen molar-refractivity contribution in [3.8, 4) is 5.75 Å². The average molecular weight is 414 g/mol. The van der Waals surface area contributed by atoms with Crippen LogP contribution in [0.25, 0.3) is 0 Å². The molecule has 1 heterocycles. The minimum Gasteiger partial charge on any atom is -0.494 e. The number of aliphatic imine (C=N–C) groups is 1. The maximum Gasteiger partial charge on any atom is 0.191 e. The zero-order valence-corrected chi connectivity index (χ0v) is 18.1. The molecule has 1 fully saturated rings. The van der Waals surface area contributed by atoms with Gasteiger partial charge in [0.1, 0.15) is 11.6 Å². The van der Waals surface area contributed by atoms with Gasteiger partial charge in [-0.15, -0.1) is 0 Å². The number of hydrogen-bond donors (Lipinski definition) is 2. The first kappa shape index (κ1) is 22.1. The SMILES string of the molecule is CCOc1ccc(C2(CNC(=NC)NCc3ccc(C)c(F)c3)CCOCC2)cc1. The lowest BCUT2D eigenvalue weighted by atomic mass is 9.74. The first-order valence-electron chi connectivity index (χ1n) is 10.6. The highest BCUT2D eigenvalue weighted by Crippen LogP contribution is 2.35. The van der Waals surface area contributed by atoms with Gasteiger partial charge in [0.25, 0.3) is 0 Å². The van der Waals surface area contributed by atoms with Crippen LogP contribution in [0.4, 0.5) is 4.39 Å². The fraction of sp³-hybridized carbons (Fsp3) is 0.458. The minimum atomic E-state index is -0.186. The molecule has 0 bridgehead atoms. The van der Waals surface area contributed by atoms with Crippen LogP contribution in [0.2, 0.25) is 0 Å². The van der Waals surface area contributed by atoms with Gasteiger partial charge in [0.15, 0.2) is 5.96 Å². The molecule has 0 aromatic heterocycles. The molecule has 0 amide bonds. The lowest BCUT2D eigenvalue weighted by molar-refractivity contribution is 0.0513. The van der Waals surface area contributed by atoms with Crippen LogP contribution in [-0.4, -0.2) is 39.4 Å². The summed E-state index contributed by atoms with van der Waals surface area (Å²) in [5, 5.41) is 6.76. The van der Waals surface area contributed by atoms with Gasteiger partial charge < -0.3 is 20.1 Å². The quantitative estimate of drug-likeness (QED) is 0.533. The van der Waals surface area contributed by atoms with Crippen molar-refractivity contribution in [1.82, 2.24) is 10.6 Å². The molecule has 2 aromatic carbocycles. The van der Waals surface area contributed by atoms with Crippen LogP contribution in [0.5, 0.6) is 5.75 Å². The molecular formula is C24H32FN3O2. The first-order chi connectivity index (χ1) is 14.6. The molecule has 1 saturated heterocycles. The van der Waals surface area contributed by atoms with E-state index in [1.54, 1.807) is 26.1 Å². The van der Waals surface area contributed by atoms with E-state index in [2.05, 4.69) is 27.8 Å². The fourth-order valence-corrected chi connectivity index (χ4v) is 3.81. The second kappa shape index (κ2) is 10.4. The van der Waals surface area contributed by atoms with Crippen LogP contribution in [0.15, 0.2) is 47.5 Å². The Morgan fingerprint density at radius 2 is 1.87 bits per heavy atom. The third kappa shape index (κ3) is 5.51. The van der Waals surface area contributed by atoms with E-state index in [1.807, 2.05) is 25.1 Å². The fourth-order valence-electron chi connectivity index (χ4n) is 3.81. The van der Waals surface area contributed by atoms with Crippen molar-refractivity contribution >= 4 is 5.96 Å². The number of nitrogens with zero attached hydrogens (tertiary/aromatic N) is 1. The number of guanidine groups is 1. The van der Waals surface area contributed by atoms with Gasteiger partial charge in [-0.2, -0.15) is 0 Å². The molecule has 0 radical (unpaired) electrons. The number of rotatable bonds is 7. The topological polar surface area (TPSA) is 54.9 Å². The van der Waals surface area contributed by atoms with Gasteiger partial charge in [0.2, 0.25) is 0 Å². The molecule has 162 valence electrons. The molecular weight excluding hydrogens is 381 g/mol. The highest BCUT2D eigenvalue weighted by atomic mass is 19.1. The van der Waals surface area contributed by atoms with E-state index < -0.39 is 0 Å². The van der Waals surface area contributed by atoms with E-state index in [0.717, 1.165) is 43.9 Å². The van der Waals surface area contributed by atoms with E-state index in [0.29, 0.717) is 24.7 Å². The van der Waals surface area contributed by atoms with Gasteiger partial charge in [0.05, 0.1) is 6.61 Å². The number of hydrogen-bond acceptors (Lipinski definition) is 3. The Hall–Kier alpha value is -2.60. The van der Waals surface area contributed by atoms with Crippen LogP contribution < -0.4 is 15.4 Å². The van der Waals surface area contributed by atoms with Crippen molar-refractivity contribution < 1.29 is 13.9 Å². The third-order valence-corrected chi connectivity index (χ3v) is 5.74. The van der Waals surface area contributed by atoms with Crippen molar-refractivity contribution in [3.63, 3.8) is 0 Å². The molecule has 2 aromatic rings. The molecule has 6 heteroatoms. The zero-order valence-electron chi connectivity index (χ0n) is 18.1. The monoisotopic (exact) mass is 413 g/mol. The molecule has 3 rings (SSSR count). The number of aryl methyl sites for hydroxylation is 1. The summed E-state index contributed by atoms with van der Waals surface area (Å²) in [4.78, 5) is 4.34. The van der Waals surface area contributed by atoms with Crippen LogP contribution >= 0.6 is 0 Å². The Balaban J connectivity index is 1.66. The van der Waals surface area contributed by atoms with Crippen molar-refractivity contribution in [2.45, 2.75) is 38.6 Å². The van der Waals surface area contributed by atoms with Gasteiger partial charge in [-0.3, -0.25) is 4.99 Å². The highest BCUT2D eigenvalue weighted by Gasteiger charge is 2.34.